The molecule has 5 nitrogen and oxygen atoms in total. The van der Waals surface area contributed by atoms with Gasteiger partial charge in [-0.2, -0.15) is 0 Å². The van der Waals surface area contributed by atoms with Crippen molar-refractivity contribution in [3.05, 3.63) is 29.3 Å². The number of carbonyl (C=O) groups is 2. The maximum absolute atomic E-state index is 11.6. The van der Waals surface area contributed by atoms with Crippen molar-refractivity contribution in [2.75, 3.05) is 5.32 Å². The lowest BCUT2D eigenvalue weighted by Gasteiger charge is -2.20. The standard InChI is InChI=1S/C13H17NO4/c1-8-6-5-7-9(11(15)16)10(8)14-12(17)18-13(2,3)4/h5-7H,1-4H3,(H,14,17)(H,15,16). The molecule has 0 heterocycles. The van der Waals surface area contributed by atoms with Gasteiger partial charge in [-0.3, -0.25) is 5.32 Å². The summed E-state index contributed by atoms with van der Waals surface area (Å²) in [6, 6.07) is 4.78. The summed E-state index contributed by atoms with van der Waals surface area (Å²) >= 11 is 0. The van der Waals surface area contributed by atoms with Crippen molar-refractivity contribution in [3.8, 4) is 0 Å². The Labute approximate surface area is 106 Å². The Bertz CT molecular complexity index is 474. The predicted molar refractivity (Wildman–Crippen MR) is 68.0 cm³/mol. The molecule has 0 bridgehead atoms. The van der Waals surface area contributed by atoms with Crippen LogP contribution in [0.25, 0.3) is 0 Å². The van der Waals surface area contributed by atoms with Gasteiger partial charge in [-0.05, 0) is 39.3 Å². The molecule has 18 heavy (non-hydrogen) atoms. The number of nitrogens with one attached hydrogen (secondary N) is 1. The quantitative estimate of drug-likeness (QED) is 0.847. The monoisotopic (exact) mass is 251 g/mol. The minimum absolute atomic E-state index is 0.0425. The number of para-hydroxylation sites is 1. The normalized spacial score (nSPS) is 10.9. The molecule has 0 unspecified atom stereocenters. The summed E-state index contributed by atoms with van der Waals surface area (Å²) < 4.78 is 5.09. The van der Waals surface area contributed by atoms with Gasteiger partial charge >= 0.3 is 12.1 Å². The van der Waals surface area contributed by atoms with Gasteiger partial charge in [0.1, 0.15) is 5.60 Å². The number of ether oxygens (including phenoxy) is 1. The van der Waals surface area contributed by atoms with Crippen molar-refractivity contribution >= 4 is 17.7 Å². The van der Waals surface area contributed by atoms with Crippen molar-refractivity contribution in [3.63, 3.8) is 0 Å². The lowest BCUT2D eigenvalue weighted by molar-refractivity contribution is 0.0636. The van der Waals surface area contributed by atoms with Gasteiger partial charge in [-0.25, -0.2) is 9.59 Å². The van der Waals surface area contributed by atoms with Crippen molar-refractivity contribution in [1.29, 1.82) is 0 Å². The number of hydrogen-bond acceptors (Lipinski definition) is 3. The van der Waals surface area contributed by atoms with Crippen LogP contribution in [0.3, 0.4) is 0 Å². The van der Waals surface area contributed by atoms with Gasteiger partial charge in [-0.15, -0.1) is 0 Å². The zero-order valence-corrected chi connectivity index (χ0v) is 10.9. The molecule has 0 atom stereocenters. The fourth-order valence-electron chi connectivity index (χ4n) is 1.42. The van der Waals surface area contributed by atoms with E-state index in [0.29, 0.717) is 5.56 Å². The number of benzene rings is 1. The number of carboxylic acids is 1. The van der Waals surface area contributed by atoms with E-state index in [9.17, 15) is 9.59 Å². The molecule has 0 saturated carbocycles. The number of aromatic carboxylic acids is 1. The van der Waals surface area contributed by atoms with Gasteiger partial charge in [0.05, 0.1) is 11.3 Å². The van der Waals surface area contributed by atoms with Crippen molar-refractivity contribution in [1.82, 2.24) is 0 Å². The zero-order chi connectivity index (χ0) is 13.9. The third kappa shape index (κ3) is 3.76. The molecule has 1 amide bonds. The Morgan fingerprint density at radius 3 is 2.39 bits per heavy atom. The maximum atomic E-state index is 11.6. The van der Waals surface area contributed by atoms with Gasteiger partial charge in [0.2, 0.25) is 0 Å². The Morgan fingerprint density at radius 1 is 1.28 bits per heavy atom. The van der Waals surface area contributed by atoms with Crippen molar-refractivity contribution in [2.24, 2.45) is 0 Å². The number of anilines is 1. The van der Waals surface area contributed by atoms with Crippen LogP contribution in [0.4, 0.5) is 10.5 Å². The second-order valence-corrected chi connectivity index (χ2v) is 4.93. The molecule has 0 aromatic heterocycles. The van der Waals surface area contributed by atoms with E-state index in [1.807, 2.05) is 0 Å². The Morgan fingerprint density at radius 2 is 1.89 bits per heavy atom. The average molecular weight is 251 g/mol. The van der Waals surface area contributed by atoms with Crippen LogP contribution in [0.2, 0.25) is 0 Å². The maximum Gasteiger partial charge on any atom is 0.412 e. The molecular formula is C13H17NO4. The topological polar surface area (TPSA) is 75.6 Å². The van der Waals surface area contributed by atoms with Crippen LogP contribution in [-0.2, 0) is 4.74 Å². The molecule has 2 N–H and O–H groups in total. The summed E-state index contributed by atoms with van der Waals surface area (Å²) in [5.41, 5.74) is 0.344. The minimum Gasteiger partial charge on any atom is -0.478 e. The molecule has 0 saturated heterocycles. The number of carbonyl (C=O) groups excluding carboxylic acids is 1. The summed E-state index contributed by atoms with van der Waals surface area (Å²) in [6.45, 7) is 6.94. The van der Waals surface area contributed by atoms with E-state index < -0.39 is 17.7 Å². The van der Waals surface area contributed by atoms with E-state index in [2.05, 4.69) is 5.32 Å². The van der Waals surface area contributed by atoms with Crippen LogP contribution in [0.15, 0.2) is 18.2 Å². The average Bonchev–Trinajstić information content (AvgIpc) is 2.17. The highest BCUT2D eigenvalue weighted by atomic mass is 16.6. The lowest BCUT2D eigenvalue weighted by Crippen LogP contribution is -2.28. The molecular weight excluding hydrogens is 234 g/mol. The molecule has 5 heteroatoms. The van der Waals surface area contributed by atoms with Gasteiger partial charge in [0.15, 0.2) is 0 Å². The number of amides is 1. The smallest absolute Gasteiger partial charge is 0.412 e. The third-order valence-corrected chi connectivity index (χ3v) is 2.13. The summed E-state index contributed by atoms with van der Waals surface area (Å²) in [4.78, 5) is 22.7. The Kier molecular flexibility index (Phi) is 3.96. The van der Waals surface area contributed by atoms with E-state index in [-0.39, 0.29) is 11.3 Å². The van der Waals surface area contributed by atoms with Gasteiger partial charge in [-0.1, -0.05) is 12.1 Å². The first-order valence-corrected chi connectivity index (χ1v) is 5.53. The van der Waals surface area contributed by atoms with Crippen molar-refractivity contribution in [2.45, 2.75) is 33.3 Å². The zero-order valence-electron chi connectivity index (χ0n) is 10.9. The molecule has 0 spiro atoms. The first kappa shape index (κ1) is 14.0. The Hall–Kier alpha value is -2.04. The van der Waals surface area contributed by atoms with Gasteiger partial charge in [0.25, 0.3) is 0 Å². The van der Waals surface area contributed by atoms with Crippen LogP contribution in [-0.4, -0.2) is 22.8 Å². The number of rotatable bonds is 2. The van der Waals surface area contributed by atoms with Crippen LogP contribution >= 0.6 is 0 Å². The van der Waals surface area contributed by atoms with Crippen LogP contribution in [0.5, 0.6) is 0 Å². The highest BCUT2D eigenvalue weighted by Crippen LogP contribution is 2.21. The summed E-state index contributed by atoms with van der Waals surface area (Å²) in [5.74, 6) is -1.09. The molecule has 0 aliphatic rings. The highest BCUT2D eigenvalue weighted by Gasteiger charge is 2.19. The SMILES string of the molecule is Cc1cccc(C(=O)O)c1NC(=O)OC(C)(C)C. The summed E-state index contributed by atoms with van der Waals surface area (Å²) in [7, 11) is 0. The number of carboxylic acid groups (broad SMARTS) is 1. The van der Waals surface area contributed by atoms with Gasteiger partial charge < -0.3 is 9.84 Å². The fourth-order valence-corrected chi connectivity index (χ4v) is 1.42. The summed E-state index contributed by atoms with van der Waals surface area (Å²) in [5, 5.41) is 11.5. The first-order chi connectivity index (χ1) is 8.20. The molecule has 1 aromatic rings. The second kappa shape index (κ2) is 5.08. The fraction of sp³-hybridized carbons (Fsp3) is 0.385. The molecule has 0 fully saturated rings. The van der Waals surface area contributed by atoms with Gasteiger partial charge in [0, 0.05) is 0 Å². The minimum atomic E-state index is -1.09. The molecule has 0 radical (unpaired) electrons. The molecule has 98 valence electrons. The van der Waals surface area contributed by atoms with E-state index in [0.717, 1.165) is 0 Å². The third-order valence-electron chi connectivity index (χ3n) is 2.13. The number of hydrogen-bond donors (Lipinski definition) is 2. The second-order valence-electron chi connectivity index (χ2n) is 4.93. The van der Waals surface area contributed by atoms with Crippen molar-refractivity contribution < 1.29 is 19.4 Å². The van der Waals surface area contributed by atoms with E-state index in [1.165, 1.54) is 6.07 Å². The lowest BCUT2D eigenvalue weighted by atomic mass is 10.1. The van der Waals surface area contributed by atoms with E-state index in [4.69, 9.17) is 9.84 Å². The highest BCUT2D eigenvalue weighted by molar-refractivity contribution is 5.99. The largest absolute Gasteiger partial charge is 0.478 e. The molecule has 0 aliphatic heterocycles. The van der Waals surface area contributed by atoms with Crippen LogP contribution < -0.4 is 5.32 Å². The predicted octanol–water partition coefficient (Wildman–Crippen LogP) is 3.04. The van der Waals surface area contributed by atoms with E-state index in [1.54, 1.807) is 39.8 Å². The summed E-state index contributed by atoms with van der Waals surface area (Å²) in [6.07, 6.45) is -0.667. The molecule has 0 aliphatic carbocycles. The Balaban J connectivity index is 2.97. The molecule has 1 rings (SSSR count). The van der Waals surface area contributed by atoms with Crippen LogP contribution in [0, 0.1) is 6.92 Å². The number of aryl methyl sites for hydroxylation is 1. The van der Waals surface area contributed by atoms with Crippen LogP contribution in [0.1, 0.15) is 36.7 Å². The van der Waals surface area contributed by atoms with E-state index >= 15 is 0 Å². The molecule has 1 aromatic carbocycles. The first-order valence-electron chi connectivity index (χ1n) is 5.53.